The number of benzene rings is 2. The Kier molecular flexibility index (Phi) is 7.48. The lowest BCUT2D eigenvalue weighted by atomic mass is 9.98. The molecule has 2 aromatic carbocycles. The van der Waals surface area contributed by atoms with E-state index < -0.39 is 15.8 Å². The van der Waals surface area contributed by atoms with E-state index in [0.717, 1.165) is 0 Å². The maximum Gasteiger partial charge on any atom is 0.257 e. The van der Waals surface area contributed by atoms with Gasteiger partial charge in [0.15, 0.2) is 0 Å². The Balaban J connectivity index is 1.82. The van der Waals surface area contributed by atoms with Gasteiger partial charge in [0, 0.05) is 31.9 Å². The minimum atomic E-state index is -3.74. The molecular weight excluding hydrogens is 459 g/mol. The van der Waals surface area contributed by atoms with Crippen molar-refractivity contribution in [1.29, 1.82) is 5.26 Å². The number of amides is 1. The highest BCUT2D eigenvalue weighted by molar-refractivity contribution is 7.89. The summed E-state index contributed by atoms with van der Waals surface area (Å²) in [6, 6.07) is 10.5. The van der Waals surface area contributed by atoms with Crippen LogP contribution in [0.15, 0.2) is 41.3 Å². The van der Waals surface area contributed by atoms with E-state index in [0.29, 0.717) is 44.2 Å². The molecule has 0 radical (unpaired) electrons. The van der Waals surface area contributed by atoms with Crippen LogP contribution in [0.4, 0.5) is 10.1 Å². The third-order valence-electron chi connectivity index (χ3n) is 5.43. The van der Waals surface area contributed by atoms with Crippen molar-refractivity contribution >= 4 is 21.6 Å². The molecule has 3 rings (SSSR count). The molecule has 0 spiro atoms. The number of hydrogen-bond donors (Lipinski definition) is 1. The van der Waals surface area contributed by atoms with Crippen LogP contribution in [0.5, 0.6) is 5.75 Å². The molecule has 0 saturated carbocycles. The van der Waals surface area contributed by atoms with Gasteiger partial charge in [0.1, 0.15) is 17.6 Å². The summed E-state index contributed by atoms with van der Waals surface area (Å²) in [5, 5.41) is 8.91. The second-order valence-corrected chi connectivity index (χ2v) is 11.2. The van der Waals surface area contributed by atoms with Crippen LogP contribution in [-0.2, 0) is 10.0 Å². The van der Waals surface area contributed by atoms with Crippen molar-refractivity contribution in [1.82, 2.24) is 9.62 Å². The Morgan fingerprint density at radius 2 is 1.82 bits per heavy atom. The molecule has 1 fully saturated rings. The molecule has 1 N–H and O–H groups in total. The van der Waals surface area contributed by atoms with Gasteiger partial charge in [0.05, 0.1) is 22.6 Å². The number of nitrogens with zero attached hydrogens (tertiary/aromatic N) is 3. The van der Waals surface area contributed by atoms with Gasteiger partial charge in [-0.3, -0.25) is 4.79 Å². The summed E-state index contributed by atoms with van der Waals surface area (Å²) in [7, 11) is -2.43. The van der Waals surface area contributed by atoms with E-state index in [1.807, 2.05) is 25.7 Å². The van der Waals surface area contributed by atoms with Gasteiger partial charge in [0.25, 0.3) is 5.91 Å². The van der Waals surface area contributed by atoms with Crippen LogP contribution in [0, 0.1) is 22.6 Å². The van der Waals surface area contributed by atoms with E-state index in [1.165, 1.54) is 37.4 Å². The van der Waals surface area contributed by atoms with Crippen LogP contribution in [-0.4, -0.2) is 59.1 Å². The van der Waals surface area contributed by atoms with Gasteiger partial charge in [-0.2, -0.15) is 5.26 Å². The third kappa shape index (κ3) is 5.85. The van der Waals surface area contributed by atoms with Gasteiger partial charge in [-0.15, -0.1) is 0 Å². The number of nitriles is 1. The number of anilines is 1. The Morgan fingerprint density at radius 1 is 1.15 bits per heavy atom. The Hall–Kier alpha value is -3.16. The van der Waals surface area contributed by atoms with Crippen molar-refractivity contribution in [2.75, 3.05) is 44.7 Å². The zero-order valence-electron chi connectivity index (χ0n) is 19.8. The first-order valence-electron chi connectivity index (χ1n) is 10.9. The van der Waals surface area contributed by atoms with Crippen molar-refractivity contribution < 1.29 is 22.3 Å². The van der Waals surface area contributed by atoms with E-state index in [-0.39, 0.29) is 27.3 Å². The number of rotatable bonds is 6. The van der Waals surface area contributed by atoms with Crippen LogP contribution in [0.2, 0.25) is 0 Å². The predicted octanol–water partition coefficient (Wildman–Crippen LogP) is 2.99. The third-order valence-corrected chi connectivity index (χ3v) is 6.84. The van der Waals surface area contributed by atoms with Crippen LogP contribution in [0.1, 0.15) is 36.7 Å². The molecule has 0 aliphatic carbocycles. The minimum absolute atomic E-state index is 0.0169. The molecule has 182 valence electrons. The molecule has 10 heteroatoms. The average molecular weight is 489 g/mol. The lowest BCUT2D eigenvalue weighted by molar-refractivity contribution is 0.0739. The number of carbonyl (C=O) groups is 1. The first kappa shape index (κ1) is 25.5. The van der Waals surface area contributed by atoms with E-state index in [9.17, 15) is 17.6 Å². The van der Waals surface area contributed by atoms with Crippen molar-refractivity contribution in [3.8, 4) is 11.8 Å². The highest BCUT2D eigenvalue weighted by Crippen LogP contribution is 2.27. The van der Waals surface area contributed by atoms with Crippen molar-refractivity contribution in [2.24, 2.45) is 5.41 Å². The molecule has 0 bridgehead atoms. The molecular formula is C24H29FN4O4S. The molecule has 1 amide bonds. The first-order chi connectivity index (χ1) is 15.9. The van der Waals surface area contributed by atoms with E-state index in [1.54, 1.807) is 17.0 Å². The number of hydrogen-bond acceptors (Lipinski definition) is 6. The number of carbonyl (C=O) groups excluding carboxylic acids is 1. The van der Waals surface area contributed by atoms with Gasteiger partial charge >= 0.3 is 0 Å². The number of sulfonamides is 1. The summed E-state index contributed by atoms with van der Waals surface area (Å²) < 4.78 is 46.8. The summed E-state index contributed by atoms with van der Waals surface area (Å²) >= 11 is 0. The molecule has 1 aliphatic rings. The normalized spacial score (nSPS) is 14.6. The lowest BCUT2D eigenvalue weighted by Crippen LogP contribution is -2.49. The monoisotopic (exact) mass is 488 g/mol. The van der Waals surface area contributed by atoms with Crippen molar-refractivity contribution in [2.45, 2.75) is 25.7 Å². The largest absolute Gasteiger partial charge is 0.492 e. The SMILES string of the molecule is CNS(=O)(=O)c1ccc(OCC(C)(C)C)c(C(=O)N2CCN(c3ccc(C#N)c(F)c3)CC2)c1. The highest BCUT2D eigenvalue weighted by Gasteiger charge is 2.27. The van der Waals surface area contributed by atoms with Gasteiger partial charge in [0.2, 0.25) is 10.0 Å². The van der Waals surface area contributed by atoms with Gasteiger partial charge in [-0.05, 0) is 48.9 Å². The molecule has 34 heavy (non-hydrogen) atoms. The van der Waals surface area contributed by atoms with Gasteiger partial charge in [-0.1, -0.05) is 20.8 Å². The van der Waals surface area contributed by atoms with E-state index >= 15 is 0 Å². The zero-order chi connectivity index (χ0) is 25.1. The molecule has 8 nitrogen and oxygen atoms in total. The van der Waals surface area contributed by atoms with Crippen molar-refractivity contribution in [3.05, 3.63) is 53.3 Å². The summed E-state index contributed by atoms with van der Waals surface area (Å²) in [6.07, 6.45) is 0. The highest BCUT2D eigenvalue weighted by atomic mass is 32.2. The topological polar surface area (TPSA) is 103 Å². The Labute approximate surface area is 200 Å². The fraction of sp³-hybridized carbons (Fsp3) is 0.417. The molecule has 1 saturated heterocycles. The predicted molar refractivity (Wildman–Crippen MR) is 127 cm³/mol. The maximum atomic E-state index is 14.0. The number of piperazine rings is 1. The Morgan fingerprint density at radius 3 is 2.38 bits per heavy atom. The van der Waals surface area contributed by atoms with Crippen LogP contribution < -0.4 is 14.4 Å². The smallest absolute Gasteiger partial charge is 0.257 e. The standard InChI is InChI=1S/C24H29FN4O4S/c1-24(2,3)16-33-22-8-7-19(34(31,32)27-4)14-20(22)23(30)29-11-9-28(10-12-29)18-6-5-17(15-26)21(25)13-18/h5-8,13-14,27H,9-12,16H2,1-4H3. The average Bonchev–Trinajstić information content (AvgIpc) is 2.81. The molecule has 1 heterocycles. The summed E-state index contributed by atoms with van der Waals surface area (Å²) in [5.74, 6) is -0.587. The van der Waals surface area contributed by atoms with Gasteiger partial charge in [-0.25, -0.2) is 17.5 Å². The molecule has 0 aromatic heterocycles. The molecule has 0 atom stereocenters. The van der Waals surface area contributed by atoms with E-state index in [2.05, 4.69) is 4.72 Å². The number of nitrogens with one attached hydrogen (secondary N) is 1. The van der Waals surface area contributed by atoms with Crippen LogP contribution in [0.25, 0.3) is 0 Å². The lowest BCUT2D eigenvalue weighted by Gasteiger charge is -2.36. The van der Waals surface area contributed by atoms with Crippen molar-refractivity contribution in [3.63, 3.8) is 0 Å². The summed E-state index contributed by atoms with van der Waals surface area (Å²) in [6.45, 7) is 8.00. The van der Waals surface area contributed by atoms with Crippen LogP contribution >= 0.6 is 0 Å². The molecule has 2 aromatic rings. The number of halogens is 1. The van der Waals surface area contributed by atoms with E-state index in [4.69, 9.17) is 10.00 Å². The fourth-order valence-electron chi connectivity index (χ4n) is 3.51. The summed E-state index contributed by atoms with van der Waals surface area (Å²) in [4.78, 5) is 17.0. The zero-order valence-corrected chi connectivity index (χ0v) is 20.6. The van der Waals surface area contributed by atoms with Crippen LogP contribution in [0.3, 0.4) is 0 Å². The Bertz CT molecular complexity index is 1210. The maximum absolute atomic E-state index is 14.0. The first-order valence-corrected chi connectivity index (χ1v) is 12.4. The second kappa shape index (κ2) is 9.99. The molecule has 1 aliphatic heterocycles. The quantitative estimate of drug-likeness (QED) is 0.671. The molecule has 0 unspecified atom stereocenters. The van der Waals surface area contributed by atoms with Gasteiger partial charge < -0.3 is 14.5 Å². The fourth-order valence-corrected chi connectivity index (χ4v) is 4.27. The second-order valence-electron chi connectivity index (χ2n) is 9.27. The minimum Gasteiger partial charge on any atom is -0.492 e. The summed E-state index contributed by atoms with van der Waals surface area (Å²) in [5.41, 5.74) is 0.646. The number of ether oxygens (including phenoxy) is 1.